The van der Waals surface area contributed by atoms with Gasteiger partial charge in [0.1, 0.15) is 6.54 Å². The molecule has 74 heavy (non-hydrogen) atoms. The van der Waals surface area contributed by atoms with Gasteiger partial charge in [-0.25, -0.2) is 43.7 Å². The molecule has 0 fully saturated rings. The van der Waals surface area contributed by atoms with Crippen LogP contribution in [0.3, 0.4) is 0 Å². The normalized spacial score (nSPS) is 12.3. The number of nitrogens with zero attached hydrogens (tertiary/aromatic N) is 18. The van der Waals surface area contributed by atoms with Crippen LogP contribution in [0, 0.1) is 0 Å². The first-order valence-electron chi connectivity index (χ1n) is 24.9. The molecule has 0 bridgehead atoms. The largest absolute Gasteiger partial charge is 0.331 e. The maximum absolute atomic E-state index is 5.75. The first-order chi connectivity index (χ1) is 35.6. The van der Waals surface area contributed by atoms with Gasteiger partial charge in [-0.15, -0.1) is 5.10 Å². The fourth-order valence-electron chi connectivity index (χ4n) is 9.05. The fourth-order valence-corrected chi connectivity index (χ4v) is 9.05. The summed E-state index contributed by atoms with van der Waals surface area (Å²) in [6.45, 7) is 8.48. The summed E-state index contributed by atoms with van der Waals surface area (Å²) in [5, 5.41) is 8.83. The molecular formula is C54H69N19Os+2. The second-order valence-corrected chi connectivity index (χ2v) is 18.5. The van der Waals surface area contributed by atoms with Crippen LogP contribution in [0.1, 0.15) is 73.2 Å². The third kappa shape index (κ3) is 13.9. The Labute approximate surface area is 446 Å². The monoisotopic (exact) mass is 1180 g/mol. The molecule has 10 aromatic rings. The van der Waals surface area contributed by atoms with E-state index in [4.69, 9.17) is 5.73 Å². The molecule has 19 nitrogen and oxygen atoms in total. The zero-order valence-corrected chi connectivity index (χ0v) is 46.1. The Morgan fingerprint density at radius 3 is 1.43 bits per heavy atom. The molecule has 0 saturated carbocycles. The van der Waals surface area contributed by atoms with Gasteiger partial charge < -0.3 is 33.1 Å². The summed E-state index contributed by atoms with van der Waals surface area (Å²) in [7, 11) is 9.80. The van der Waals surface area contributed by atoms with E-state index in [0.717, 1.165) is 92.5 Å². The number of imidazole rings is 6. The van der Waals surface area contributed by atoms with Crippen LogP contribution in [0.15, 0.2) is 154 Å². The van der Waals surface area contributed by atoms with E-state index < -0.39 is 0 Å². The molecule has 0 aliphatic rings. The van der Waals surface area contributed by atoms with Crippen LogP contribution < -0.4 is 14.9 Å². The van der Waals surface area contributed by atoms with Gasteiger partial charge in [0.25, 0.3) is 0 Å². The topological polar surface area (TPSA) is 184 Å². The summed E-state index contributed by atoms with van der Waals surface area (Å²) in [4.78, 5) is 30.0. The predicted molar refractivity (Wildman–Crippen MR) is 279 cm³/mol. The second-order valence-electron chi connectivity index (χ2n) is 18.5. The second kappa shape index (κ2) is 26.4. The summed E-state index contributed by atoms with van der Waals surface area (Å²) in [6.07, 6.45) is 40.9. The minimum atomic E-state index is 0. The quantitative estimate of drug-likeness (QED) is 0.0909. The van der Waals surface area contributed by atoms with Crippen LogP contribution in [0.5, 0.6) is 0 Å². The van der Waals surface area contributed by atoms with Crippen LogP contribution in [0.4, 0.5) is 0 Å². The summed E-state index contributed by atoms with van der Waals surface area (Å²) < 4.78 is 18.2. The number of aryl methyl sites for hydroxylation is 9. The molecule has 20 heteroatoms. The Kier molecular flexibility index (Phi) is 19.4. The Balaban J connectivity index is 0.000000258. The standard InChI is InChI=1S/C38H49N11.2C8H10N4.Os/c1-4-31(28-35(33-5-13-40-14-6-33)27-30(2)32-7-17-46(18-8-32)22-12-39)34-9-19-47(20-10-34)25-26-49-29-36(43-44-49)11-21-48-24-16-42-38(48)37-41-15-23-45(37)3;2*1-11-5-3-9-7(11)8-10-4-6-12(8)2;/h5-10,13-20,23-24,29-31,35H,4,11-12,21-22,25-28,39H2,1-3H3;2*3-6H,1-2H3;/q+2;;;. The maximum atomic E-state index is 5.75. The molecule has 0 radical (unpaired) electrons. The number of nitrogens with two attached hydrogens (primary N) is 1. The van der Waals surface area contributed by atoms with Gasteiger partial charge in [0.2, 0.25) is 0 Å². The van der Waals surface area contributed by atoms with Crippen molar-refractivity contribution in [1.82, 2.24) is 77.3 Å². The number of pyridine rings is 3. The molecule has 10 aromatic heterocycles. The third-order valence-electron chi connectivity index (χ3n) is 13.3. The van der Waals surface area contributed by atoms with E-state index in [0.29, 0.717) is 24.3 Å². The summed E-state index contributed by atoms with van der Waals surface area (Å²) in [6, 6.07) is 13.5. The molecule has 0 spiro atoms. The SMILES string of the molecule is CCC(CC(CC(C)c1cc[n+](CCN)cc1)c1ccncc1)c1cc[n+](CCn2cc(CCn3ccnc3-c3nccn3C)nn2)cc1.Cn1ccnc1-c1nccn1C.Cn1ccnc1-c1nccn1C.[Os]. The Morgan fingerprint density at radius 1 is 0.514 bits per heavy atom. The zero-order chi connectivity index (χ0) is 51.1. The fraction of sp³-hybridized carbons (Fsp3) is 0.352. The van der Waals surface area contributed by atoms with E-state index >= 15 is 0 Å². The van der Waals surface area contributed by atoms with Gasteiger partial charge in [-0.2, -0.15) is 0 Å². The summed E-state index contributed by atoms with van der Waals surface area (Å²) in [5.74, 6) is 6.61. The summed E-state index contributed by atoms with van der Waals surface area (Å²) in [5.41, 5.74) is 10.8. The van der Waals surface area contributed by atoms with E-state index in [9.17, 15) is 0 Å². The Morgan fingerprint density at radius 2 is 0.959 bits per heavy atom. The average Bonchev–Trinajstić information content (AvgIpc) is 4.29. The smallest absolute Gasteiger partial charge is 0.176 e. The first kappa shape index (κ1) is 54.2. The molecule has 3 atom stereocenters. The van der Waals surface area contributed by atoms with Crippen LogP contribution in [0.2, 0.25) is 0 Å². The van der Waals surface area contributed by atoms with Gasteiger partial charge in [0.15, 0.2) is 72.8 Å². The van der Waals surface area contributed by atoms with Crippen molar-refractivity contribution in [1.29, 1.82) is 0 Å². The average molecular weight is 1170 g/mol. The van der Waals surface area contributed by atoms with Crippen LogP contribution >= 0.6 is 0 Å². The molecule has 10 heterocycles. The molecule has 10 rings (SSSR count). The van der Waals surface area contributed by atoms with E-state index in [2.05, 4.69) is 134 Å². The molecular weight excluding hydrogens is 1100 g/mol. The van der Waals surface area contributed by atoms with Gasteiger partial charge in [-0.05, 0) is 65.8 Å². The van der Waals surface area contributed by atoms with Gasteiger partial charge >= 0.3 is 0 Å². The minimum Gasteiger partial charge on any atom is -0.331 e. The zero-order valence-electron chi connectivity index (χ0n) is 43.5. The minimum absolute atomic E-state index is 0. The number of hydrogen-bond donors (Lipinski definition) is 1. The molecule has 2 N–H and O–H groups in total. The molecule has 0 aliphatic heterocycles. The van der Waals surface area contributed by atoms with Crippen LogP contribution in [0.25, 0.3) is 34.9 Å². The van der Waals surface area contributed by atoms with Gasteiger partial charge in [0, 0.05) is 185 Å². The molecule has 0 amide bonds. The van der Waals surface area contributed by atoms with Crippen molar-refractivity contribution < 1.29 is 28.9 Å². The summed E-state index contributed by atoms with van der Waals surface area (Å²) >= 11 is 0. The van der Waals surface area contributed by atoms with Crippen molar-refractivity contribution in [3.05, 3.63) is 177 Å². The van der Waals surface area contributed by atoms with E-state index in [1.165, 1.54) is 16.7 Å². The van der Waals surface area contributed by atoms with Crippen LogP contribution in [-0.4, -0.2) is 83.8 Å². The van der Waals surface area contributed by atoms with Gasteiger partial charge in [-0.1, -0.05) is 19.1 Å². The van der Waals surface area contributed by atoms with Crippen molar-refractivity contribution >= 4 is 0 Å². The van der Waals surface area contributed by atoms with Crippen molar-refractivity contribution in [2.75, 3.05) is 6.54 Å². The van der Waals surface area contributed by atoms with Gasteiger partial charge in [0.05, 0.1) is 12.2 Å². The molecule has 0 aromatic carbocycles. The Bertz CT molecular complexity index is 3040. The van der Waals surface area contributed by atoms with E-state index in [1.807, 2.05) is 125 Å². The van der Waals surface area contributed by atoms with Crippen molar-refractivity contribution in [2.45, 2.75) is 83.5 Å². The molecule has 0 saturated heterocycles. The van der Waals surface area contributed by atoms with Crippen molar-refractivity contribution in [3.63, 3.8) is 0 Å². The number of rotatable bonds is 19. The molecule has 0 aliphatic carbocycles. The van der Waals surface area contributed by atoms with Crippen molar-refractivity contribution in [2.24, 2.45) is 41.0 Å². The van der Waals surface area contributed by atoms with Crippen LogP contribution in [-0.2, 0) is 87.6 Å². The van der Waals surface area contributed by atoms with E-state index in [1.54, 1.807) is 31.0 Å². The maximum Gasteiger partial charge on any atom is 0.176 e. The van der Waals surface area contributed by atoms with Gasteiger partial charge in [-0.3, -0.25) is 4.98 Å². The third-order valence-corrected chi connectivity index (χ3v) is 13.3. The molecule has 386 valence electrons. The van der Waals surface area contributed by atoms with E-state index in [-0.39, 0.29) is 19.8 Å². The molecule has 3 unspecified atom stereocenters. The Hall–Kier alpha value is -7.55. The number of hydrogen-bond acceptors (Lipinski definition) is 10. The predicted octanol–water partition coefficient (Wildman–Crippen LogP) is 6.25. The number of aromatic nitrogens is 18. The first-order valence-corrected chi connectivity index (χ1v) is 24.9. The van der Waals surface area contributed by atoms with Crippen molar-refractivity contribution in [3.8, 4) is 34.9 Å².